The van der Waals surface area contributed by atoms with E-state index in [0.717, 1.165) is 11.3 Å². The van der Waals surface area contributed by atoms with Crippen LogP contribution in [0.4, 0.5) is 0 Å². The van der Waals surface area contributed by atoms with E-state index in [1.807, 2.05) is 52.8 Å². The Kier molecular flexibility index (Phi) is 8.00. The Labute approximate surface area is 126 Å². The molecule has 0 bridgehead atoms. The summed E-state index contributed by atoms with van der Waals surface area (Å²) in [5.74, 6) is 0.813. The standard InChI is InChI=1S/C10H12N2O.C7H12O/c1-6(2)8-4-7(3)12-10(13)9(8)5-11;1-6(2)4-5-7(3)8/h4,6H,1-3H3,(H,12,13);4-6H,1-3H3/b;5-4+. The molecule has 1 N–H and O–H groups in total. The molecule has 1 aromatic heterocycles. The number of carbonyl (C=O) groups excluding carboxylic acids is 1. The fraction of sp³-hybridized carbons (Fsp3) is 0.471. The van der Waals surface area contributed by atoms with Crippen LogP contribution >= 0.6 is 0 Å². The number of hydrogen-bond donors (Lipinski definition) is 1. The maximum absolute atomic E-state index is 11.3. The maximum Gasteiger partial charge on any atom is 0.266 e. The highest BCUT2D eigenvalue weighted by molar-refractivity contribution is 5.87. The summed E-state index contributed by atoms with van der Waals surface area (Å²) in [5.41, 5.74) is 1.57. The zero-order chi connectivity index (χ0) is 16.6. The van der Waals surface area contributed by atoms with Crippen molar-refractivity contribution in [3.8, 4) is 6.07 Å². The molecule has 0 aromatic carbocycles. The molecule has 0 amide bonds. The molecule has 1 aromatic rings. The number of allylic oxidation sites excluding steroid dienone is 2. The highest BCUT2D eigenvalue weighted by Gasteiger charge is 2.10. The number of aryl methyl sites for hydroxylation is 1. The minimum absolute atomic E-state index is 0.124. The minimum Gasteiger partial charge on any atom is -0.325 e. The summed E-state index contributed by atoms with van der Waals surface area (Å²) in [6, 6.07) is 3.78. The summed E-state index contributed by atoms with van der Waals surface area (Å²) in [7, 11) is 0. The molecule has 4 nitrogen and oxygen atoms in total. The van der Waals surface area contributed by atoms with Crippen molar-refractivity contribution in [2.45, 2.75) is 47.5 Å². The third-order valence-electron chi connectivity index (χ3n) is 2.65. The van der Waals surface area contributed by atoms with Crippen molar-refractivity contribution in [3.63, 3.8) is 0 Å². The summed E-state index contributed by atoms with van der Waals surface area (Å²) in [6.07, 6.45) is 3.49. The van der Waals surface area contributed by atoms with Crippen LogP contribution in [0.25, 0.3) is 0 Å². The van der Waals surface area contributed by atoms with Crippen molar-refractivity contribution in [3.05, 3.63) is 45.4 Å². The van der Waals surface area contributed by atoms with Gasteiger partial charge in [0.15, 0.2) is 5.78 Å². The molecule has 0 fully saturated rings. The normalized spacial score (nSPS) is 10.4. The van der Waals surface area contributed by atoms with E-state index in [4.69, 9.17) is 5.26 Å². The van der Waals surface area contributed by atoms with E-state index in [1.54, 1.807) is 13.0 Å². The van der Waals surface area contributed by atoms with Crippen LogP contribution in [0.1, 0.15) is 57.4 Å². The van der Waals surface area contributed by atoms with Crippen molar-refractivity contribution in [2.24, 2.45) is 5.92 Å². The van der Waals surface area contributed by atoms with E-state index in [9.17, 15) is 9.59 Å². The van der Waals surface area contributed by atoms with Crippen molar-refractivity contribution < 1.29 is 4.79 Å². The summed E-state index contributed by atoms with van der Waals surface area (Å²) in [6.45, 7) is 11.4. The SMILES string of the molecule is CC(=O)/C=C/C(C)C.Cc1cc(C(C)C)c(C#N)c(=O)[nH]1. The van der Waals surface area contributed by atoms with Crippen LogP contribution in [-0.2, 0) is 4.79 Å². The van der Waals surface area contributed by atoms with Gasteiger partial charge in [0, 0.05) is 5.69 Å². The molecule has 1 heterocycles. The molecular formula is C17H24N2O2. The van der Waals surface area contributed by atoms with E-state index in [-0.39, 0.29) is 22.8 Å². The second kappa shape index (κ2) is 8.91. The average molecular weight is 288 g/mol. The summed E-state index contributed by atoms with van der Waals surface area (Å²) >= 11 is 0. The monoisotopic (exact) mass is 288 g/mol. The summed E-state index contributed by atoms with van der Waals surface area (Å²) < 4.78 is 0. The summed E-state index contributed by atoms with van der Waals surface area (Å²) in [5, 5.41) is 8.77. The molecule has 0 atom stereocenters. The summed E-state index contributed by atoms with van der Waals surface area (Å²) in [4.78, 5) is 24.2. The van der Waals surface area contributed by atoms with Gasteiger partial charge in [-0.25, -0.2) is 0 Å². The Balaban J connectivity index is 0.000000433. The van der Waals surface area contributed by atoms with E-state index in [2.05, 4.69) is 4.98 Å². The van der Waals surface area contributed by atoms with Crippen LogP contribution in [-0.4, -0.2) is 10.8 Å². The van der Waals surface area contributed by atoms with E-state index in [0.29, 0.717) is 5.92 Å². The van der Waals surface area contributed by atoms with E-state index < -0.39 is 0 Å². The second-order valence-corrected chi connectivity index (χ2v) is 5.59. The predicted octanol–water partition coefficient (Wildman–Crippen LogP) is 3.47. The highest BCUT2D eigenvalue weighted by atomic mass is 16.1. The van der Waals surface area contributed by atoms with Gasteiger partial charge < -0.3 is 4.98 Å². The number of aromatic amines is 1. The van der Waals surface area contributed by atoms with E-state index in [1.165, 1.54) is 0 Å². The molecule has 0 spiro atoms. The number of rotatable bonds is 3. The lowest BCUT2D eigenvalue weighted by atomic mass is 9.99. The van der Waals surface area contributed by atoms with Crippen molar-refractivity contribution >= 4 is 5.78 Å². The van der Waals surface area contributed by atoms with Gasteiger partial charge in [0.1, 0.15) is 11.6 Å². The van der Waals surface area contributed by atoms with Crippen molar-refractivity contribution in [1.29, 1.82) is 5.26 Å². The molecule has 0 radical (unpaired) electrons. The smallest absolute Gasteiger partial charge is 0.266 e. The molecule has 0 unspecified atom stereocenters. The topological polar surface area (TPSA) is 73.7 Å². The van der Waals surface area contributed by atoms with Crippen LogP contribution in [0.2, 0.25) is 0 Å². The van der Waals surface area contributed by atoms with Gasteiger partial charge in [0.25, 0.3) is 5.56 Å². The fourth-order valence-electron chi connectivity index (χ4n) is 1.61. The number of nitrogens with one attached hydrogen (secondary N) is 1. The van der Waals surface area contributed by atoms with Gasteiger partial charge in [0.2, 0.25) is 0 Å². The molecule has 1 rings (SSSR count). The number of aromatic nitrogens is 1. The Morgan fingerprint density at radius 2 is 1.90 bits per heavy atom. The second-order valence-electron chi connectivity index (χ2n) is 5.59. The average Bonchev–Trinajstić information content (AvgIpc) is 2.36. The lowest BCUT2D eigenvalue weighted by Gasteiger charge is -2.07. The number of pyridine rings is 1. The fourth-order valence-corrected chi connectivity index (χ4v) is 1.61. The van der Waals surface area contributed by atoms with Gasteiger partial charge >= 0.3 is 0 Å². The zero-order valence-electron chi connectivity index (χ0n) is 13.7. The number of nitriles is 1. The molecule has 0 saturated carbocycles. The third kappa shape index (κ3) is 7.26. The number of nitrogens with zero attached hydrogens (tertiary/aromatic N) is 1. The minimum atomic E-state index is -0.286. The number of carbonyl (C=O) groups is 1. The van der Waals surface area contributed by atoms with Gasteiger partial charge in [-0.1, -0.05) is 33.8 Å². The quantitative estimate of drug-likeness (QED) is 0.865. The Morgan fingerprint density at radius 1 is 1.33 bits per heavy atom. The Morgan fingerprint density at radius 3 is 2.24 bits per heavy atom. The van der Waals surface area contributed by atoms with Crippen LogP contribution in [0.15, 0.2) is 23.0 Å². The van der Waals surface area contributed by atoms with Crippen molar-refractivity contribution in [2.75, 3.05) is 0 Å². The first-order valence-electron chi connectivity index (χ1n) is 7.01. The lowest BCUT2D eigenvalue weighted by Crippen LogP contribution is -2.15. The number of H-pyrrole nitrogens is 1. The first-order valence-corrected chi connectivity index (χ1v) is 7.01. The first kappa shape index (κ1) is 18.9. The van der Waals surface area contributed by atoms with Gasteiger partial charge in [-0.15, -0.1) is 0 Å². The molecule has 0 saturated heterocycles. The molecule has 0 aliphatic carbocycles. The molecule has 4 heteroatoms. The number of hydrogen-bond acceptors (Lipinski definition) is 3. The van der Waals surface area contributed by atoms with Crippen LogP contribution in [0, 0.1) is 24.2 Å². The van der Waals surface area contributed by atoms with Crippen molar-refractivity contribution in [1.82, 2.24) is 4.98 Å². The third-order valence-corrected chi connectivity index (χ3v) is 2.65. The van der Waals surface area contributed by atoms with Gasteiger partial charge in [-0.05, 0) is 43.4 Å². The van der Waals surface area contributed by atoms with Crippen LogP contribution in [0.3, 0.4) is 0 Å². The zero-order valence-corrected chi connectivity index (χ0v) is 13.7. The van der Waals surface area contributed by atoms with Crippen LogP contribution < -0.4 is 5.56 Å². The molecular weight excluding hydrogens is 264 g/mol. The Bertz CT molecular complexity index is 602. The van der Waals surface area contributed by atoms with Gasteiger partial charge in [0.05, 0.1) is 0 Å². The van der Waals surface area contributed by atoms with Crippen LogP contribution in [0.5, 0.6) is 0 Å². The Hall–Kier alpha value is -2.15. The molecule has 0 aliphatic heterocycles. The lowest BCUT2D eigenvalue weighted by molar-refractivity contribution is -0.112. The van der Waals surface area contributed by atoms with Gasteiger partial charge in [-0.3, -0.25) is 9.59 Å². The molecule has 21 heavy (non-hydrogen) atoms. The largest absolute Gasteiger partial charge is 0.325 e. The van der Waals surface area contributed by atoms with E-state index >= 15 is 0 Å². The molecule has 114 valence electrons. The number of ketones is 1. The van der Waals surface area contributed by atoms with Gasteiger partial charge in [-0.2, -0.15) is 5.26 Å². The predicted molar refractivity (Wildman–Crippen MR) is 85.3 cm³/mol. The molecule has 0 aliphatic rings. The highest BCUT2D eigenvalue weighted by Crippen LogP contribution is 2.16. The first-order chi connectivity index (χ1) is 9.68. The maximum atomic E-state index is 11.3.